The quantitative estimate of drug-likeness (QED) is 0.773. The number of nitrogen functional groups attached to an aromatic ring is 1. The Balaban J connectivity index is 2.92. The van der Waals surface area contributed by atoms with Gasteiger partial charge in [0.2, 0.25) is 10.0 Å². The summed E-state index contributed by atoms with van der Waals surface area (Å²) in [7, 11) is -2.37. The van der Waals surface area contributed by atoms with Crippen LogP contribution in [0.25, 0.3) is 0 Å². The highest BCUT2D eigenvalue weighted by Gasteiger charge is 2.20. The molecule has 1 unspecified atom stereocenters. The smallest absolute Gasteiger partial charge is 0.243 e. The molecule has 0 aliphatic carbocycles. The fourth-order valence-electron chi connectivity index (χ4n) is 1.55. The molecule has 0 amide bonds. The molecule has 0 fully saturated rings. The topological polar surface area (TPSA) is 81.4 Å². The average Bonchev–Trinajstić information content (AvgIpc) is 2.31. The van der Waals surface area contributed by atoms with Crippen LogP contribution in [0.3, 0.4) is 0 Å². The van der Waals surface area contributed by atoms with Crippen molar-refractivity contribution in [1.82, 2.24) is 4.72 Å². The zero-order chi connectivity index (χ0) is 14.6. The van der Waals surface area contributed by atoms with E-state index in [1.54, 1.807) is 6.92 Å². The molecule has 5 nitrogen and oxygen atoms in total. The first-order valence-corrected chi connectivity index (χ1v) is 7.30. The summed E-state index contributed by atoms with van der Waals surface area (Å²) in [5.74, 6) is -0.816. The van der Waals surface area contributed by atoms with E-state index in [9.17, 15) is 12.8 Å². The van der Waals surface area contributed by atoms with Gasteiger partial charge in [-0.15, -0.1) is 0 Å². The van der Waals surface area contributed by atoms with Gasteiger partial charge in [0.1, 0.15) is 10.7 Å². The van der Waals surface area contributed by atoms with Crippen LogP contribution < -0.4 is 10.5 Å². The number of halogens is 1. The number of methoxy groups -OCH3 is 1. The van der Waals surface area contributed by atoms with Crippen LogP contribution in [-0.4, -0.2) is 28.7 Å². The van der Waals surface area contributed by atoms with E-state index in [0.717, 1.165) is 12.1 Å². The van der Waals surface area contributed by atoms with Gasteiger partial charge < -0.3 is 10.5 Å². The summed E-state index contributed by atoms with van der Waals surface area (Å²) in [6, 6.07) is 2.25. The first-order chi connectivity index (χ1) is 8.77. The fourth-order valence-corrected chi connectivity index (χ4v) is 2.80. The number of nitrogens with one attached hydrogen (secondary N) is 1. The fraction of sp³-hybridized carbons (Fsp3) is 0.500. The van der Waals surface area contributed by atoms with Gasteiger partial charge in [-0.1, -0.05) is 6.92 Å². The average molecular weight is 290 g/mol. The van der Waals surface area contributed by atoms with Crippen LogP contribution in [-0.2, 0) is 14.8 Å². The van der Waals surface area contributed by atoms with Gasteiger partial charge in [-0.3, -0.25) is 0 Å². The second kappa shape index (κ2) is 6.31. The van der Waals surface area contributed by atoms with Crippen LogP contribution in [0.15, 0.2) is 17.0 Å². The van der Waals surface area contributed by atoms with E-state index >= 15 is 0 Å². The molecule has 0 aliphatic rings. The molecule has 1 rings (SSSR count). The van der Waals surface area contributed by atoms with Crippen LogP contribution in [0, 0.1) is 18.7 Å². The van der Waals surface area contributed by atoms with Crippen molar-refractivity contribution in [2.24, 2.45) is 5.92 Å². The van der Waals surface area contributed by atoms with Crippen molar-refractivity contribution in [2.45, 2.75) is 18.7 Å². The SMILES string of the molecule is COCC(C)CNS(=O)(=O)c1cc(N)c(C)cc1F. The summed E-state index contributed by atoms with van der Waals surface area (Å²) in [5.41, 5.74) is 6.36. The van der Waals surface area contributed by atoms with Gasteiger partial charge in [-0.25, -0.2) is 17.5 Å². The van der Waals surface area contributed by atoms with E-state index < -0.39 is 20.7 Å². The Hall–Kier alpha value is -1.18. The van der Waals surface area contributed by atoms with Crippen molar-refractivity contribution in [2.75, 3.05) is 26.0 Å². The summed E-state index contributed by atoms with van der Waals surface area (Å²) in [4.78, 5) is -0.430. The number of anilines is 1. The number of hydrogen-bond acceptors (Lipinski definition) is 4. The van der Waals surface area contributed by atoms with E-state index in [2.05, 4.69) is 4.72 Å². The number of ether oxygens (including phenoxy) is 1. The lowest BCUT2D eigenvalue weighted by molar-refractivity contribution is 0.161. The lowest BCUT2D eigenvalue weighted by atomic mass is 10.2. The minimum Gasteiger partial charge on any atom is -0.398 e. The molecule has 0 spiro atoms. The minimum absolute atomic E-state index is 0.00867. The van der Waals surface area contributed by atoms with Gasteiger partial charge in [-0.2, -0.15) is 0 Å². The van der Waals surface area contributed by atoms with Crippen LogP contribution in [0.2, 0.25) is 0 Å². The lowest BCUT2D eigenvalue weighted by Gasteiger charge is -2.13. The van der Waals surface area contributed by atoms with Gasteiger partial charge in [0.05, 0.1) is 0 Å². The van der Waals surface area contributed by atoms with Crippen molar-refractivity contribution in [3.63, 3.8) is 0 Å². The first kappa shape index (κ1) is 15.9. The number of nitrogens with two attached hydrogens (primary N) is 1. The molecule has 108 valence electrons. The summed E-state index contributed by atoms with van der Waals surface area (Å²) in [6.45, 7) is 4.03. The maximum atomic E-state index is 13.7. The third kappa shape index (κ3) is 4.15. The van der Waals surface area contributed by atoms with Crippen molar-refractivity contribution >= 4 is 15.7 Å². The van der Waals surface area contributed by atoms with E-state index in [1.165, 1.54) is 7.11 Å². The number of aryl methyl sites for hydroxylation is 1. The van der Waals surface area contributed by atoms with E-state index in [-0.39, 0.29) is 18.2 Å². The van der Waals surface area contributed by atoms with Crippen molar-refractivity contribution < 1.29 is 17.5 Å². The Morgan fingerprint density at radius 3 is 2.68 bits per heavy atom. The van der Waals surface area contributed by atoms with Crippen LogP contribution in [0.1, 0.15) is 12.5 Å². The summed E-state index contributed by atoms with van der Waals surface area (Å²) in [6.07, 6.45) is 0. The standard InChI is InChI=1S/C12H19FN2O3S/c1-8(7-18-3)6-15-19(16,17)12-5-11(14)9(2)4-10(12)13/h4-5,8,15H,6-7,14H2,1-3H3. The normalized spacial score (nSPS) is 13.5. The largest absolute Gasteiger partial charge is 0.398 e. The van der Waals surface area contributed by atoms with Gasteiger partial charge in [0.25, 0.3) is 0 Å². The molecule has 0 aliphatic heterocycles. The predicted octanol–water partition coefficient (Wildman–Crippen LogP) is 1.28. The molecule has 1 aromatic rings. The third-order valence-electron chi connectivity index (χ3n) is 2.68. The van der Waals surface area contributed by atoms with Gasteiger partial charge in [0.15, 0.2) is 0 Å². The molecule has 0 aromatic heterocycles. The van der Waals surface area contributed by atoms with Crippen LogP contribution >= 0.6 is 0 Å². The second-order valence-corrected chi connectivity index (χ2v) is 6.29. The predicted molar refractivity (Wildman–Crippen MR) is 71.8 cm³/mol. The lowest BCUT2D eigenvalue weighted by Crippen LogP contribution is -2.30. The highest BCUT2D eigenvalue weighted by Crippen LogP contribution is 2.21. The molecule has 0 saturated carbocycles. The molecular weight excluding hydrogens is 271 g/mol. The van der Waals surface area contributed by atoms with Crippen LogP contribution in [0.4, 0.5) is 10.1 Å². The molecule has 3 N–H and O–H groups in total. The van der Waals surface area contributed by atoms with Crippen molar-refractivity contribution in [3.8, 4) is 0 Å². The second-order valence-electron chi connectivity index (χ2n) is 4.55. The highest BCUT2D eigenvalue weighted by atomic mass is 32.2. The van der Waals surface area contributed by atoms with Crippen LogP contribution in [0.5, 0.6) is 0 Å². The monoisotopic (exact) mass is 290 g/mol. The zero-order valence-electron chi connectivity index (χ0n) is 11.2. The molecule has 0 radical (unpaired) electrons. The molecule has 0 bridgehead atoms. The Labute approximate surface area is 113 Å². The highest BCUT2D eigenvalue weighted by molar-refractivity contribution is 7.89. The Morgan fingerprint density at radius 1 is 1.47 bits per heavy atom. The molecule has 0 heterocycles. The van der Waals surface area contributed by atoms with E-state index in [4.69, 9.17) is 10.5 Å². The minimum atomic E-state index is -3.90. The molecular formula is C12H19FN2O3S. The van der Waals surface area contributed by atoms with Gasteiger partial charge in [0, 0.05) is 25.9 Å². The zero-order valence-corrected chi connectivity index (χ0v) is 12.1. The third-order valence-corrected chi connectivity index (χ3v) is 4.12. The van der Waals surface area contributed by atoms with Crippen molar-refractivity contribution in [1.29, 1.82) is 0 Å². The molecule has 19 heavy (non-hydrogen) atoms. The van der Waals surface area contributed by atoms with Crippen molar-refractivity contribution in [3.05, 3.63) is 23.5 Å². The maximum absolute atomic E-state index is 13.7. The van der Waals surface area contributed by atoms with Gasteiger partial charge in [-0.05, 0) is 30.5 Å². The van der Waals surface area contributed by atoms with E-state index in [1.807, 2.05) is 6.92 Å². The first-order valence-electron chi connectivity index (χ1n) is 5.82. The Bertz CT molecular complexity index is 546. The summed E-state index contributed by atoms with van der Waals surface area (Å²) in [5, 5.41) is 0. The maximum Gasteiger partial charge on any atom is 0.243 e. The van der Waals surface area contributed by atoms with E-state index in [0.29, 0.717) is 12.2 Å². The Kier molecular flexibility index (Phi) is 5.28. The molecule has 0 saturated heterocycles. The number of rotatable bonds is 6. The van der Waals surface area contributed by atoms with Gasteiger partial charge >= 0.3 is 0 Å². The number of hydrogen-bond donors (Lipinski definition) is 2. The Morgan fingerprint density at radius 2 is 2.11 bits per heavy atom. The molecule has 1 atom stereocenters. The molecule has 7 heteroatoms. The number of benzene rings is 1. The number of sulfonamides is 1. The molecule has 1 aromatic carbocycles. The summed E-state index contributed by atoms with van der Waals surface area (Å²) >= 11 is 0. The summed E-state index contributed by atoms with van der Waals surface area (Å²) < 4.78 is 44.9.